The van der Waals surface area contributed by atoms with Crippen molar-refractivity contribution in [2.75, 3.05) is 19.6 Å². The molecule has 2 saturated heterocycles. The molecule has 0 N–H and O–H groups in total. The normalized spacial score (nSPS) is 30.8. The lowest BCUT2D eigenvalue weighted by Crippen LogP contribution is -2.45. The SMILES string of the molecule is CC1(C)OC(C)(C)C(CN2CCC(C(C)(C)C)CC2)C1=O. The van der Waals surface area contributed by atoms with Crippen LogP contribution >= 0.6 is 0 Å². The average Bonchev–Trinajstić information content (AvgIpc) is 2.47. The summed E-state index contributed by atoms with van der Waals surface area (Å²) in [6, 6.07) is 0. The summed E-state index contributed by atoms with van der Waals surface area (Å²) in [4.78, 5) is 15.1. The van der Waals surface area contributed by atoms with Crippen LogP contribution in [0.3, 0.4) is 0 Å². The van der Waals surface area contributed by atoms with Crippen molar-refractivity contribution in [3.8, 4) is 0 Å². The first-order valence-corrected chi connectivity index (χ1v) is 8.40. The van der Waals surface area contributed by atoms with E-state index in [0.29, 0.717) is 5.41 Å². The van der Waals surface area contributed by atoms with Gasteiger partial charge in [-0.1, -0.05) is 20.8 Å². The average molecular weight is 295 g/mol. The predicted octanol–water partition coefficient (Wildman–Crippen LogP) is 3.52. The number of piperidine rings is 1. The van der Waals surface area contributed by atoms with Crippen LogP contribution in [0.15, 0.2) is 0 Å². The molecule has 2 rings (SSSR count). The van der Waals surface area contributed by atoms with Crippen LogP contribution in [0, 0.1) is 17.3 Å². The van der Waals surface area contributed by atoms with E-state index >= 15 is 0 Å². The highest BCUT2D eigenvalue weighted by Crippen LogP contribution is 2.40. The molecule has 2 aliphatic rings. The van der Waals surface area contributed by atoms with Gasteiger partial charge in [-0.15, -0.1) is 0 Å². The number of carbonyl (C=O) groups is 1. The van der Waals surface area contributed by atoms with Gasteiger partial charge in [0.25, 0.3) is 0 Å². The second kappa shape index (κ2) is 5.34. The number of ketones is 1. The Kier molecular flexibility index (Phi) is 4.31. The molecule has 1 atom stereocenters. The Morgan fingerprint density at radius 1 is 1.14 bits per heavy atom. The number of Topliss-reactive ketones (excluding diaryl/α,β-unsaturated/α-hetero) is 1. The van der Waals surface area contributed by atoms with Crippen molar-refractivity contribution in [1.29, 1.82) is 0 Å². The van der Waals surface area contributed by atoms with Crippen molar-refractivity contribution < 1.29 is 9.53 Å². The molecule has 122 valence electrons. The maximum Gasteiger partial charge on any atom is 0.171 e. The van der Waals surface area contributed by atoms with E-state index in [1.54, 1.807) is 0 Å². The quantitative estimate of drug-likeness (QED) is 0.780. The molecular formula is C18H33NO2. The molecule has 21 heavy (non-hydrogen) atoms. The van der Waals surface area contributed by atoms with Crippen molar-refractivity contribution in [2.24, 2.45) is 17.3 Å². The summed E-state index contributed by atoms with van der Waals surface area (Å²) in [5.74, 6) is 1.07. The molecule has 3 nitrogen and oxygen atoms in total. The first-order chi connectivity index (χ1) is 9.43. The van der Waals surface area contributed by atoms with E-state index in [4.69, 9.17) is 4.74 Å². The molecule has 0 radical (unpaired) electrons. The zero-order chi connectivity index (χ0) is 16.1. The van der Waals surface area contributed by atoms with Crippen molar-refractivity contribution in [1.82, 2.24) is 4.90 Å². The summed E-state index contributed by atoms with van der Waals surface area (Å²) in [5.41, 5.74) is -0.570. The number of hydrogen-bond donors (Lipinski definition) is 0. The Labute approximate surface area is 130 Å². The number of likely N-dealkylation sites (tertiary alicyclic amines) is 1. The van der Waals surface area contributed by atoms with E-state index < -0.39 is 5.60 Å². The van der Waals surface area contributed by atoms with Crippen LogP contribution in [0.5, 0.6) is 0 Å². The first kappa shape index (κ1) is 17.0. The predicted molar refractivity (Wildman–Crippen MR) is 86.4 cm³/mol. The summed E-state index contributed by atoms with van der Waals surface area (Å²) < 4.78 is 6.00. The molecule has 3 heteroatoms. The molecule has 0 aromatic carbocycles. The fourth-order valence-corrected chi connectivity index (χ4v) is 4.06. The molecule has 0 amide bonds. The van der Waals surface area contributed by atoms with Gasteiger partial charge in [0, 0.05) is 6.54 Å². The van der Waals surface area contributed by atoms with E-state index in [1.807, 2.05) is 13.8 Å². The van der Waals surface area contributed by atoms with Gasteiger partial charge in [-0.05, 0) is 65.0 Å². The number of ether oxygens (including phenoxy) is 1. The van der Waals surface area contributed by atoms with Crippen LogP contribution in [0.4, 0.5) is 0 Å². The molecular weight excluding hydrogens is 262 g/mol. The molecule has 0 aliphatic carbocycles. The highest BCUT2D eigenvalue weighted by atomic mass is 16.5. The maximum atomic E-state index is 12.6. The topological polar surface area (TPSA) is 29.5 Å². The first-order valence-electron chi connectivity index (χ1n) is 8.40. The summed E-state index contributed by atoms with van der Waals surface area (Å²) in [5, 5.41) is 0. The summed E-state index contributed by atoms with van der Waals surface area (Å²) >= 11 is 0. The van der Waals surface area contributed by atoms with Gasteiger partial charge >= 0.3 is 0 Å². The second-order valence-corrected chi connectivity index (χ2v) is 9.07. The van der Waals surface area contributed by atoms with Crippen LogP contribution in [0.25, 0.3) is 0 Å². The zero-order valence-electron chi connectivity index (χ0n) is 15.0. The largest absolute Gasteiger partial charge is 0.361 e. The van der Waals surface area contributed by atoms with Gasteiger partial charge in [0.05, 0.1) is 11.5 Å². The van der Waals surface area contributed by atoms with Gasteiger partial charge < -0.3 is 9.64 Å². The number of carbonyl (C=O) groups excluding carboxylic acids is 1. The highest BCUT2D eigenvalue weighted by Gasteiger charge is 2.53. The van der Waals surface area contributed by atoms with Crippen molar-refractivity contribution in [3.05, 3.63) is 0 Å². The molecule has 1 unspecified atom stereocenters. The van der Waals surface area contributed by atoms with E-state index in [0.717, 1.165) is 25.6 Å². The monoisotopic (exact) mass is 295 g/mol. The zero-order valence-corrected chi connectivity index (χ0v) is 15.0. The fraction of sp³-hybridized carbons (Fsp3) is 0.944. The fourth-order valence-electron chi connectivity index (χ4n) is 4.06. The van der Waals surface area contributed by atoms with E-state index in [2.05, 4.69) is 39.5 Å². The minimum Gasteiger partial charge on any atom is -0.361 e. The van der Waals surface area contributed by atoms with Crippen molar-refractivity contribution >= 4 is 5.78 Å². The molecule has 2 fully saturated rings. The Hall–Kier alpha value is -0.410. The highest BCUT2D eigenvalue weighted by molar-refractivity contribution is 5.91. The number of hydrogen-bond acceptors (Lipinski definition) is 3. The molecule has 0 aromatic heterocycles. The van der Waals surface area contributed by atoms with E-state index in [1.165, 1.54) is 12.8 Å². The second-order valence-electron chi connectivity index (χ2n) is 9.07. The lowest BCUT2D eigenvalue weighted by Gasteiger charge is -2.40. The number of rotatable bonds is 2. The summed E-state index contributed by atoms with van der Waals surface area (Å²) in [6.07, 6.45) is 2.49. The summed E-state index contributed by atoms with van der Waals surface area (Å²) in [6.45, 7) is 18.0. The Bertz CT molecular complexity index is 398. The molecule has 2 aliphatic heterocycles. The van der Waals surface area contributed by atoms with Crippen molar-refractivity contribution in [2.45, 2.75) is 72.5 Å². The number of nitrogens with zero attached hydrogens (tertiary/aromatic N) is 1. The Morgan fingerprint density at radius 2 is 1.67 bits per heavy atom. The van der Waals surface area contributed by atoms with Gasteiger partial charge in [0.2, 0.25) is 0 Å². The van der Waals surface area contributed by atoms with Crippen LogP contribution in [0.2, 0.25) is 0 Å². The Balaban J connectivity index is 1.96. The van der Waals surface area contributed by atoms with Gasteiger partial charge in [0.1, 0.15) is 5.60 Å². The van der Waals surface area contributed by atoms with Gasteiger partial charge in [-0.2, -0.15) is 0 Å². The van der Waals surface area contributed by atoms with E-state index in [-0.39, 0.29) is 17.3 Å². The van der Waals surface area contributed by atoms with Gasteiger partial charge in [-0.25, -0.2) is 0 Å². The smallest absolute Gasteiger partial charge is 0.171 e. The van der Waals surface area contributed by atoms with Crippen molar-refractivity contribution in [3.63, 3.8) is 0 Å². The minimum absolute atomic E-state index is 0.00122. The molecule has 0 bridgehead atoms. The maximum absolute atomic E-state index is 12.6. The third-order valence-electron chi connectivity index (χ3n) is 5.52. The van der Waals surface area contributed by atoms with E-state index in [9.17, 15) is 4.79 Å². The Morgan fingerprint density at radius 3 is 2.05 bits per heavy atom. The molecule has 0 saturated carbocycles. The standard InChI is InChI=1S/C18H33NO2/c1-16(2,3)13-8-10-19(11-9-13)12-14-15(20)18(6,7)21-17(14,4)5/h13-14H,8-12H2,1-7H3. The third kappa shape index (κ3) is 3.50. The van der Waals surface area contributed by atoms with Crippen LogP contribution in [-0.4, -0.2) is 41.5 Å². The van der Waals surface area contributed by atoms with Gasteiger partial charge in [-0.3, -0.25) is 4.79 Å². The van der Waals surface area contributed by atoms with Gasteiger partial charge in [0.15, 0.2) is 5.78 Å². The molecule has 2 heterocycles. The molecule has 0 spiro atoms. The lowest BCUT2D eigenvalue weighted by molar-refractivity contribution is -0.132. The van der Waals surface area contributed by atoms with Crippen LogP contribution < -0.4 is 0 Å². The lowest BCUT2D eigenvalue weighted by atomic mass is 9.75. The third-order valence-corrected chi connectivity index (χ3v) is 5.52. The van der Waals surface area contributed by atoms with Crippen LogP contribution in [-0.2, 0) is 9.53 Å². The minimum atomic E-state index is -0.627. The summed E-state index contributed by atoms with van der Waals surface area (Å²) in [7, 11) is 0. The molecule has 0 aromatic rings. The van der Waals surface area contributed by atoms with Crippen LogP contribution in [0.1, 0.15) is 61.3 Å².